The smallest absolute Gasteiger partial charge is 0.240 e. The van der Waals surface area contributed by atoms with Crippen LogP contribution in [0.1, 0.15) is 47.0 Å². The van der Waals surface area contributed by atoms with Gasteiger partial charge in [-0.15, -0.1) is 0 Å². The van der Waals surface area contributed by atoms with Gasteiger partial charge in [0, 0.05) is 13.2 Å². The highest BCUT2D eigenvalue weighted by atomic mass is 16.5. The standard InChI is InChI=1S/C15H30N2O2/c1-5-9-16-13-8-7-10-17(15(13)18)14(12(3)4)11-19-6-2/h12-14,16H,5-11H2,1-4H3. The van der Waals surface area contributed by atoms with Crippen LogP contribution >= 0.6 is 0 Å². The monoisotopic (exact) mass is 270 g/mol. The molecule has 0 aliphatic carbocycles. The fraction of sp³-hybridized carbons (Fsp3) is 0.933. The average molecular weight is 270 g/mol. The number of ether oxygens (including phenoxy) is 1. The maximum atomic E-state index is 12.5. The Balaban J connectivity index is 2.64. The lowest BCUT2D eigenvalue weighted by Gasteiger charge is -2.40. The number of likely N-dealkylation sites (tertiary alicyclic amines) is 1. The van der Waals surface area contributed by atoms with Crippen molar-refractivity contribution < 1.29 is 9.53 Å². The van der Waals surface area contributed by atoms with Crippen molar-refractivity contribution in [3.8, 4) is 0 Å². The topological polar surface area (TPSA) is 41.6 Å². The molecular formula is C15H30N2O2. The molecule has 0 bridgehead atoms. The summed E-state index contributed by atoms with van der Waals surface area (Å²) in [7, 11) is 0. The van der Waals surface area contributed by atoms with Crippen molar-refractivity contribution in [3.05, 3.63) is 0 Å². The normalized spacial score (nSPS) is 22.1. The minimum Gasteiger partial charge on any atom is -0.380 e. The minimum atomic E-state index is 0.0107. The molecule has 1 saturated heterocycles. The van der Waals surface area contributed by atoms with Gasteiger partial charge in [0.05, 0.1) is 18.7 Å². The van der Waals surface area contributed by atoms with Crippen molar-refractivity contribution in [3.63, 3.8) is 0 Å². The Bertz CT molecular complexity index is 269. The molecular weight excluding hydrogens is 240 g/mol. The molecule has 4 nitrogen and oxygen atoms in total. The Kier molecular flexibility index (Phi) is 7.39. The van der Waals surface area contributed by atoms with Crippen LogP contribution in [-0.4, -0.2) is 49.2 Å². The second-order valence-corrected chi connectivity index (χ2v) is 5.65. The van der Waals surface area contributed by atoms with Gasteiger partial charge in [0.25, 0.3) is 0 Å². The molecule has 0 aromatic heterocycles. The zero-order valence-corrected chi connectivity index (χ0v) is 12.9. The lowest BCUT2D eigenvalue weighted by Crippen LogP contribution is -2.56. The summed E-state index contributed by atoms with van der Waals surface area (Å²) in [5.74, 6) is 0.693. The van der Waals surface area contributed by atoms with E-state index in [0.717, 1.165) is 32.4 Å². The summed E-state index contributed by atoms with van der Waals surface area (Å²) in [6.07, 6.45) is 3.12. The Morgan fingerprint density at radius 2 is 2.16 bits per heavy atom. The Morgan fingerprint density at radius 3 is 2.74 bits per heavy atom. The zero-order valence-electron chi connectivity index (χ0n) is 12.9. The van der Waals surface area contributed by atoms with E-state index in [9.17, 15) is 4.79 Å². The SMILES string of the molecule is CCCNC1CCCN(C(COCC)C(C)C)C1=O. The summed E-state index contributed by atoms with van der Waals surface area (Å²) in [5, 5.41) is 3.37. The number of nitrogens with one attached hydrogen (secondary N) is 1. The molecule has 1 fully saturated rings. The number of carbonyl (C=O) groups is 1. The summed E-state index contributed by atoms with van der Waals surface area (Å²) >= 11 is 0. The van der Waals surface area contributed by atoms with Crippen LogP contribution in [0.15, 0.2) is 0 Å². The first-order chi connectivity index (χ1) is 9.11. The van der Waals surface area contributed by atoms with Gasteiger partial charge in [-0.25, -0.2) is 0 Å². The van der Waals surface area contributed by atoms with Gasteiger partial charge in [-0.3, -0.25) is 4.79 Å². The molecule has 0 aromatic rings. The molecule has 112 valence electrons. The first kappa shape index (κ1) is 16.4. The van der Waals surface area contributed by atoms with Gasteiger partial charge in [0.2, 0.25) is 5.91 Å². The van der Waals surface area contributed by atoms with Gasteiger partial charge in [-0.05, 0) is 38.6 Å². The lowest BCUT2D eigenvalue weighted by molar-refractivity contribution is -0.141. The number of piperidine rings is 1. The molecule has 0 saturated carbocycles. The number of hydrogen-bond acceptors (Lipinski definition) is 3. The van der Waals surface area contributed by atoms with E-state index in [1.54, 1.807) is 0 Å². The van der Waals surface area contributed by atoms with Gasteiger partial charge in [0.1, 0.15) is 0 Å². The second-order valence-electron chi connectivity index (χ2n) is 5.65. The molecule has 1 rings (SSSR count). The fourth-order valence-electron chi connectivity index (χ4n) is 2.62. The van der Waals surface area contributed by atoms with Crippen molar-refractivity contribution in [1.29, 1.82) is 0 Å². The van der Waals surface area contributed by atoms with Gasteiger partial charge >= 0.3 is 0 Å². The average Bonchev–Trinajstić information content (AvgIpc) is 2.39. The third kappa shape index (κ3) is 4.77. The molecule has 0 spiro atoms. The van der Waals surface area contributed by atoms with E-state index in [1.807, 2.05) is 11.8 Å². The number of rotatable bonds is 8. The molecule has 19 heavy (non-hydrogen) atoms. The number of nitrogens with zero attached hydrogens (tertiary/aromatic N) is 1. The molecule has 0 aromatic carbocycles. The third-order valence-corrected chi connectivity index (χ3v) is 3.78. The van der Waals surface area contributed by atoms with Crippen LogP contribution in [0, 0.1) is 5.92 Å². The third-order valence-electron chi connectivity index (χ3n) is 3.78. The highest BCUT2D eigenvalue weighted by Crippen LogP contribution is 2.19. The van der Waals surface area contributed by atoms with Crippen LogP contribution in [-0.2, 0) is 9.53 Å². The fourth-order valence-corrected chi connectivity index (χ4v) is 2.62. The number of carbonyl (C=O) groups excluding carboxylic acids is 1. The lowest BCUT2D eigenvalue weighted by atomic mass is 9.97. The molecule has 2 atom stereocenters. The number of hydrogen-bond donors (Lipinski definition) is 1. The molecule has 0 radical (unpaired) electrons. The predicted molar refractivity (Wildman–Crippen MR) is 78.1 cm³/mol. The van der Waals surface area contributed by atoms with Crippen LogP contribution < -0.4 is 5.32 Å². The molecule has 1 amide bonds. The van der Waals surface area contributed by atoms with E-state index >= 15 is 0 Å². The van der Waals surface area contributed by atoms with Gasteiger partial charge < -0.3 is 15.0 Å². The summed E-state index contributed by atoms with van der Waals surface area (Å²) in [6, 6.07) is 0.218. The van der Waals surface area contributed by atoms with E-state index < -0.39 is 0 Å². The first-order valence-corrected chi connectivity index (χ1v) is 7.73. The summed E-state index contributed by atoms with van der Waals surface area (Å²) in [5.41, 5.74) is 0. The van der Waals surface area contributed by atoms with Crippen molar-refractivity contribution in [2.24, 2.45) is 5.92 Å². The van der Waals surface area contributed by atoms with E-state index in [0.29, 0.717) is 19.1 Å². The first-order valence-electron chi connectivity index (χ1n) is 7.73. The van der Waals surface area contributed by atoms with Crippen LogP contribution in [0.2, 0.25) is 0 Å². The van der Waals surface area contributed by atoms with E-state index in [-0.39, 0.29) is 18.0 Å². The van der Waals surface area contributed by atoms with Crippen molar-refractivity contribution in [2.75, 3.05) is 26.3 Å². The maximum Gasteiger partial charge on any atom is 0.240 e. The minimum absolute atomic E-state index is 0.0107. The summed E-state index contributed by atoms with van der Waals surface area (Å²) < 4.78 is 5.56. The van der Waals surface area contributed by atoms with Crippen molar-refractivity contribution >= 4 is 5.91 Å². The maximum absolute atomic E-state index is 12.5. The molecule has 1 aliphatic rings. The molecule has 4 heteroatoms. The van der Waals surface area contributed by atoms with Crippen molar-refractivity contribution in [1.82, 2.24) is 10.2 Å². The largest absolute Gasteiger partial charge is 0.380 e. The van der Waals surface area contributed by atoms with Crippen LogP contribution in [0.4, 0.5) is 0 Å². The van der Waals surface area contributed by atoms with Crippen LogP contribution in [0.5, 0.6) is 0 Å². The molecule has 1 aliphatic heterocycles. The highest BCUT2D eigenvalue weighted by molar-refractivity contribution is 5.83. The highest BCUT2D eigenvalue weighted by Gasteiger charge is 2.34. The number of amides is 1. The Labute approximate surface area is 117 Å². The molecule has 2 unspecified atom stereocenters. The van der Waals surface area contributed by atoms with Crippen LogP contribution in [0.25, 0.3) is 0 Å². The zero-order chi connectivity index (χ0) is 14.3. The van der Waals surface area contributed by atoms with Gasteiger partial charge in [-0.2, -0.15) is 0 Å². The van der Waals surface area contributed by atoms with E-state index in [4.69, 9.17) is 4.74 Å². The van der Waals surface area contributed by atoms with E-state index in [2.05, 4.69) is 26.1 Å². The van der Waals surface area contributed by atoms with Gasteiger partial charge in [-0.1, -0.05) is 20.8 Å². The van der Waals surface area contributed by atoms with Crippen LogP contribution in [0.3, 0.4) is 0 Å². The molecule has 1 heterocycles. The van der Waals surface area contributed by atoms with E-state index in [1.165, 1.54) is 0 Å². The molecule has 1 N–H and O–H groups in total. The predicted octanol–water partition coefficient (Wildman–Crippen LogP) is 2.04. The second kappa shape index (κ2) is 8.54. The quantitative estimate of drug-likeness (QED) is 0.734. The van der Waals surface area contributed by atoms with Crippen molar-refractivity contribution in [2.45, 2.75) is 59.0 Å². The van der Waals surface area contributed by atoms with Gasteiger partial charge in [0.15, 0.2) is 0 Å². The summed E-state index contributed by atoms with van der Waals surface area (Å²) in [4.78, 5) is 14.6. The Hall–Kier alpha value is -0.610. The summed E-state index contributed by atoms with van der Waals surface area (Å²) in [6.45, 7) is 11.6. The Morgan fingerprint density at radius 1 is 1.42 bits per heavy atom.